The first kappa shape index (κ1) is 23.3. The Morgan fingerprint density at radius 2 is 1.76 bits per heavy atom. The lowest BCUT2D eigenvalue weighted by molar-refractivity contribution is -0.131. The van der Waals surface area contributed by atoms with Gasteiger partial charge in [-0.2, -0.15) is 0 Å². The molecule has 172 valence electrons. The molecule has 0 spiro atoms. The number of thioether (sulfide) groups is 1. The van der Waals surface area contributed by atoms with Gasteiger partial charge < -0.3 is 15.1 Å². The fourth-order valence-corrected chi connectivity index (χ4v) is 5.24. The van der Waals surface area contributed by atoms with E-state index in [2.05, 4.69) is 32.7 Å². The summed E-state index contributed by atoms with van der Waals surface area (Å²) in [4.78, 5) is 34.7. The van der Waals surface area contributed by atoms with Gasteiger partial charge in [-0.1, -0.05) is 18.2 Å². The molecule has 1 saturated heterocycles. The Hall–Kier alpha value is -2.84. The monoisotopic (exact) mass is 480 g/mol. The van der Waals surface area contributed by atoms with Crippen molar-refractivity contribution in [3.63, 3.8) is 0 Å². The summed E-state index contributed by atoms with van der Waals surface area (Å²) in [6, 6.07) is 17.8. The molecule has 1 aliphatic heterocycles. The number of piperazine rings is 1. The number of amides is 2. The number of aromatic nitrogens is 1. The van der Waals surface area contributed by atoms with Gasteiger partial charge in [0.05, 0.1) is 10.7 Å². The lowest BCUT2D eigenvalue weighted by Gasteiger charge is -2.36. The van der Waals surface area contributed by atoms with Crippen LogP contribution in [0.5, 0.6) is 0 Å². The first-order chi connectivity index (χ1) is 16.1. The molecule has 4 rings (SSSR count). The van der Waals surface area contributed by atoms with Crippen molar-refractivity contribution < 1.29 is 9.59 Å². The van der Waals surface area contributed by atoms with Crippen LogP contribution in [0.25, 0.3) is 0 Å². The average Bonchev–Trinajstić information content (AvgIpc) is 3.28. The number of hydrogen-bond donors (Lipinski definition) is 1. The molecule has 0 unspecified atom stereocenters. The number of aryl methyl sites for hydroxylation is 1. The van der Waals surface area contributed by atoms with E-state index in [0.717, 1.165) is 34.4 Å². The molecule has 1 aliphatic rings. The maximum absolute atomic E-state index is 12.5. The summed E-state index contributed by atoms with van der Waals surface area (Å²) < 4.78 is 0. The van der Waals surface area contributed by atoms with Crippen LogP contribution >= 0.6 is 23.1 Å². The number of carbonyl (C=O) groups is 2. The van der Waals surface area contributed by atoms with Crippen LogP contribution in [0, 0.1) is 6.92 Å². The maximum atomic E-state index is 12.5. The molecule has 0 atom stereocenters. The van der Waals surface area contributed by atoms with Crippen molar-refractivity contribution in [2.45, 2.75) is 24.0 Å². The fraction of sp³-hybridized carbons (Fsp3) is 0.320. The SMILES string of the molecule is Cc1nc(CSc2ccc(C(=O)NCCC(=O)N3CCN(c4ccccc4)CC3)cc2)cs1. The van der Waals surface area contributed by atoms with Crippen molar-refractivity contribution in [1.82, 2.24) is 15.2 Å². The zero-order valence-corrected chi connectivity index (χ0v) is 20.3. The van der Waals surface area contributed by atoms with Crippen molar-refractivity contribution >= 4 is 40.6 Å². The lowest BCUT2D eigenvalue weighted by atomic mass is 10.2. The Labute approximate surface area is 203 Å². The number of benzene rings is 2. The molecule has 1 N–H and O–H groups in total. The molecule has 2 aromatic carbocycles. The van der Waals surface area contributed by atoms with Gasteiger partial charge in [-0.3, -0.25) is 9.59 Å². The number of para-hydroxylation sites is 1. The predicted octanol–water partition coefficient (Wildman–Crippen LogP) is 4.21. The van der Waals surface area contributed by atoms with Gasteiger partial charge in [-0.15, -0.1) is 23.1 Å². The van der Waals surface area contributed by atoms with Crippen molar-refractivity contribution in [2.75, 3.05) is 37.6 Å². The molecule has 0 bridgehead atoms. The van der Waals surface area contributed by atoms with Crippen molar-refractivity contribution in [1.29, 1.82) is 0 Å². The number of anilines is 1. The number of nitrogens with one attached hydrogen (secondary N) is 1. The number of nitrogens with zero attached hydrogens (tertiary/aromatic N) is 3. The smallest absolute Gasteiger partial charge is 0.251 e. The number of thiazole rings is 1. The summed E-state index contributed by atoms with van der Waals surface area (Å²) in [6.07, 6.45) is 0.318. The van der Waals surface area contributed by atoms with E-state index >= 15 is 0 Å². The Bertz CT molecular complexity index is 1060. The van der Waals surface area contributed by atoms with Crippen LogP contribution in [-0.4, -0.2) is 54.4 Å². The molecule has 6 nitrogen and oxygen atoms in total. The Morgan fingerprint density at radius 3 is 2.42 bits per heavy atom. The second kappa shape index (κ2) is 11.3. The van der Waals surface area contributed by atoms with Gasteiger partial charge in [-0.25, -0.2) is 4.98 Å². The summed E-state index contributed by atoms with van der Waals surface area (Å²) in [5.41, 5.74) is 2.88. The van der Waals surface area contributed by atoms with Gasteiger partial charge in [0.2, 0.25) is 5.91 Å². The zero-order chi connectivity index (χ0) is 23.0. The van der Waals surface area contributed by atoms with E-state index < -0.39 is 0 Å². The second-order valence-corrected chi connectivity index (χ2v) is 9.99. The van der Waals surface area contributed by atoms with E-state index in [9.17, 15) is 9.59 Å². The highest BCUT2D eigenvalue weighted by molar-refractivity contribution is 7.98. The molecule has 1 aromatic heterocycles. The summed E-state index contributed by atoms with van der Waals surface area (Å²) in [6.45, 7) is 5.42. The van der Waals surface area contributed by atoms with Crippen LogP contribution in [0.1, 0.15) is 27.5 Å². The standard InChI is InChI=1S/C25H28N4O2S2/c1-19-27-21(17-32-19)18-33-23-9-7-20(8-10-23)25(31)26-12-11-24(30)29-15-13-28(14-16-29)22-5-3-2-4-6-22/h2-10,17H,11-16,18H2,1H3,(H,26,31). The van der Waals surface area contributed by atoms with Gasteiger partial charge in [-0.05, 0) is 43.3 Å². The molecular weight excluding hydrogens is 452 g/mol. The second-order valence-electron chi connectivity index (χ2n) is 7.88. The van der Waals surface area contributed by atoms with E-state index in [0.29, 0.717) is 31.6 Å². The summed E-state index contributed by atoms with van der Waals surface area (Å²) in [5, 5.41) is 6.02. The van der Waals surface area contributed by atoms with Crippen LogP contribution in [0.15, 0.2) is 64.9 Å². The Morgan fingerprint density at radius 1 is 1.03 bits per heavy atom. The van der Waals surface area contributed by atoms with Crippen LogP contribution in [0.2, 0.25) is 0 Å². The van der Waals surface area contributed by atoms with E-state index in [-0.39, 0.29) is 11.8 Å². The molecular formula is C25H28N4O2S2. The fourth-order valence-electron chi connectivity index (χ4n) is 3.73. The van der Waals surface area contributed by atoms with E-state index in [1.165, 1.54) is 5.69 Å². The van der Waals surface area contributed by atoms with E-state index in [1.54, 1.807) is 23.1 Å². The van der Waals surface area contributed by atoms with E-state index in [4.69, 9.17) is 0 Å². The molecule has 1 fully saturated rings. The Kier molecular flexibility index (Phi) is 8.01. The third-order valence-electron chi connectivity index (χ3n) is 5.55. The first-order valence-corrected chi connectivity index (χ1v) is 12.9. The molecule has 0 saturated carbocycles. The molecule has 0 radical (unpaired) electrons. The molecule has 8 heteroatoms. The van der Waals surface area contributed by atoms with Crippen molar-refractivity contribution in [3.05, 3.63) is 76.2 Å². The molecule has 0 aliphatic carbocycles. The minimum atomic E-state index is -0.150. The van der Waals surface area contributed by atoms with Gasteiger partial charge in [0, 0.05) is 66.4 Å². The Balaban J connectivity index is 1.16. The van der Waals surface area contributed by atoms with E-state index in [1.807, 2.05) is 54.3 Å². The largest absolute Gasteiger partial charge is 0.368 e. The topological polar surface area (TPSA) is 65.5 Å². The quantitative estimate of drug-likeness (QED) is 0.489. The minimum absolute atomic E-state index is 0.0898. The van der Waals surface area contributed by atoms with Crippen molar-refractivity contribution in [3.8, 4) is 0 Å². The zero-order valence-electron chi connectivity index (χ0n) is 18.7. The molecule has 2 amide bonds. The van der Waals surface area contributed by atoms with Crippen LogP contribution in [0.4, 0.5) is 5.69 Å². The highest BCUT2D eigenvalue weighted by Gasteiger charge is 2.21. The van der Waals surface area contributed by atoms with Crippen LogP contribution in [-0.2, 0) is 10.5 Å². The number of hydrogen-bond acceptors (Lipinski definition) is 6. The average molecular weight is 481 g/mol. The van der Waals surface area contributed by atoms with Crippen molar-refractivity contribution in [2.24, 2.45) is 0 Å². The highest BCUT2D eigenvalue weighted by atomic mass is 32.2. The number of rotatable bonds is 8. The number of carbonyl (C=O) groups excluding carboxylic acids is 2. The van der Waals surface area contributed by atoms with Gasteiger partial charge in [0.1, 0.15) is 0 Å². The van der Waals surface area contributed by atoms with Gasteiger partial charge >= 0.3 is 0 Å². The van der Waals surface area contributed by atoms with Gasteiger partial charge in [0.15, 0.2) is 0 Å². The third-order valence-corrected chi connectivity index (χ3v) is 7.42. The molecule has 2 heterocycles. The summed E-state index contributed by atoms with van der Waals surface area (Å²) >= 11 is 3.36. The summed E-state index contributed by atoms with van der Waals surface area (Å²) in [5.74, 6) is 0.757. The predicted molar refractivity (Wildman–Crippen MR) is 135 cm³/mol. The van der Waals surface area contributed by atoms with Crippen LogP contribution < -0.4 is 10.2 Å². The highest BCUT2D eigenvalue weighted by Crippen LogP contribution is 2.24. The van der Waals surface area contributed by atoms with Crippen LogP contribution in [0.3, 0.4) is 0 Å². The molecule has 3 aromatic rings. The summed E-state index contributed by atoms with van der Waals surface area (Å²) in [7, 11) is 0. The minimum Gasteiger partial charge on any atom is -0.368 e. The maximum Gasteiger partial charge on any atom is 0.251 e. The molecule has 33 heavy (non-hydrogen) atoms. The first-order valence-electron chi connectivity index (χ1n) is 11.1. The van der Waals surface area contributed by atoms with Gasteiger partial charge in [0.25, 0.3) is 5.91 Å². The third kappa shape index (κ3) is 6.58. The normalized spacial score (nSPS) is 13.7. The lowest BCUT2D eigenvalue weighted by Crippen LogP contribution is -2.49.